The molecule has 4 saturated carbocycles. The van der Waals surface area contributed by atoms with Crippen molar-refractivity contribution in [2.75, 3.05) is 63.0 Å². The Kier molecular flexibility index (Phi) is 16.0. The van der Waals surface area contributed by atoms with Gasteiger partial charge in [0.1, 0.15) is 12.2 Å². The number of imide groups is 1. The van der Waals surface area contributed by atoms with E-state index in [0.717, 1.165) is 77.8 Å². The Labute approximate surface area is 399 Å². The zero-order valence-corrected chi connectivity index (χ0v) is 38.7. The van der Waals surface area contributed by atoms with Gasteiger partial charge in [-0.3, -0.25) is 55.4 Å². The summed E-state index contributed by atoms with van der Waals surface area (Å²) in [5, 5.41) is 36.1. The van der Waals surface area contributed by atoms with Crippen molar-refractivity contribution < 1.29 is 48.1 Å². The lowest BCUT2D eigenvalue weighted by Crippen LogP contribution is -2.53. The average Bonchev–Trinajstić information content (AvgIpc) is 4.13. The summed E-state index contributed by atoms with van der Waals surface area (Å²) >= 11 is 0. The Hall–Kier alpha value is -6.22. The molecule has 0 aromatic heterocycles. The third-order valence-corrected chi connectivity index (χ3v) is 15.3. The Morgan fingerprint density at radius 3 is 1.26 bits per heavy atom. The van der Waals surface area contributed by atoms with Gasteiger partial charge < -0.3 is 29.9 Å². The summed E-state index contributed by atoms with van der Waals surface area (Å²) < 4.78 is 11.7. The van der Waals surface area contributed by atoms with Gasteiger partial charge in [0.25, 0.3) is 11.4 Å². The molecule has 372 valence electrons. The summed E-state index contributed by atoms with van der Waals surface area (Å²) in [4.78, 5) is 110. The Morgan fingerprint density at radius 1 is 0.522 bits per heavy atom. The van der Waals surface area contributed by atoms with Gasteiger partial charge in [0.05, 0.1) is 33.5 Å². The normalized spacial score (nSPS) is 28.3. The van der Waals surface area contributed by atoms with Crippen molar-refractivity contribution in [3.05, 3.63) is 68.8 Å². The number of fused-ring (bicyclic) bond motifs is 4. The van der Waals surface area contributed by atoms with E-state index in [2.05, 4.69) is 36.4 Å². The lowest BCUT2D eigenvalue weighted by molar-refractivity contribution is -0.385. The number of hydrogen-bond acceptors (Lipinski definition) is 14. The van der Waals surface area contributed by atoms with Crippen LogP contribution in [0.15, 0.2) is 48.5 Å². The number of nitro benzene ring substituents is 2. The lowest BCUT2D eigenvalue weighted by Gasteiger charge is -2.36. The van der Waals surface area contributed by atoms with Gasteiger partial charge in [0.15, 0.2) is 0 Å². The van der Waals surface area contributed by atoms with Crippen molar-refractivity contribution >= 4 is 58.6 Å². The first-order valence-corrected chi connectivity index (χ1v) is 24.6. The molecule has 2 aromatic rings. The van der Waals surface area contributed by atoms with Gasteiger partial charge in [-0.1, -0.05) is 12.8 Å². The number of amides is 6. The van der Waals surface area contributed by atoms with E-state index in [1.165, 1.54) is 61.4 Å². The van der Waals surface area contributed by atoms with E-state index in [0.29, 0.717) is 38.8 Å². The summed E-state index contributed by atoms with van der Waals surface area (Å²) in [6, 6.07) is 10.4. The second kappa shape index (κ2) is 22.5. The van der Waals surface area contributed by atoms with E-state index in [1.54, 1.807) is 0 Å². The fraction of sp³-hybridized carbons (Fsp3) is 0.625. The highest BCUT2D eigenvalue weighted by molar-refractivity contribution is 6.02. The maximum Gasteiger partial charge on any atom is 0.411 e. The standard InChI is InChI=1S/C48H63N9O12/c58-43(49-17-7-23-54-19-3-1-4-20-54)39-29-25-35(37(27-29)68-47(62)51-31-9-13-33(14-10-31)56(64)65)41(39)45(60)53-46(61)42-36-26-30(40(42)44(59)50-18-8-24-55-21-5-2-6-22-55)28-38(36)69-48(63)52-32-11-15-34(16-12-32)57(66)67/h9-16,29-30,35-42H,1-8,17-28H2,(H,49,58)(H,50,59)(H,51,62)(H,52,63)(H,53,60,61). The number of rotatable bonds is 18. The maximum absolute atomic E-state index is 14.7. The topological polar surface area (TPSA) is 274 Å². The molecule has 10 unspecified atom stereocenters. The van der Waals surface area contributed by atoms with Gasteiger partial charge in [-0.15, -0.1) is 0 Å². The Balaban J connectivity index is 0.963. The molecule has 10 atom stereocenters. The van der Waals surface area contributed by atoms with Crippen LogP contribution in [0.25, 0.3) is 0 Å². The van der Waals surface area contributed by atoms with Gasteiger partial charge in [0.2, 0.25) is 23.6 Å². The number of likely N-dealkylation sites (tertiary alicyclic amines) is 2. The monoisotopic (exact) mass is 957 g/mol. The molecule has 0 spiro atoms. The quantitative estimate of drug-likeness (QED) is 0.0556. The summed E-state index contributed by atoms with van der Waals surface area (Å²) in [6.07, 6.45) is 6.51. The number of nitro groups is 2. The first kappa shape index (κ1) is 49.2. The molecule has 2 heterocycles. The highest BCUT2D eigenvalue weighted by Crippen LogP contribution is 2.55. The first-order chi connectivity index (χ1) is 33.3. The number of piperidine rings is 2. The summed E-state index contributed by atoms with van der Waals surface area (Å²) in [6.45, 7) is 6.51. The van der Waals surface area contributed by atoms with E-state index >= 15 is 0 Å². The van der Waals surface area contributed by atoms with Crippen LogP contribution in [0.2, 0.25) is 0 Å². The lowest BCUT2D eigenvalue weighted by atomic mass is 9.75. The zero-order valence-electron chi connectivity index (χ0n) is 38.7. The number of nitrogens with one attached hydrogen (secondary N) is 5. The number of carbonyl (C=O) groups excluding carboxylic acids is 6. The molecule has 5 N–H and O–H groups in total. The summed E-state index contributed by atoms with van der Waals surface area (Å²) in [7, 11) is 0. The molecule has 2 aliphatic heterocycles. The number of anilines is 2. The van der Waals surface area contributed by atoms with Crippen molar-refractivity contribution in [3.63, 3.8) is 0 Å². The van der Waals surface area contributed by atoms with Gasteiger partial charge in [-0.25, -0.2) is 9.59 Å². The van der Waals surface area contributed by atoms with Crippen LogP contribution in [0.5, 0.6) is 0 Å². The third kappa shape index (κ3) is 12.0. The number of benzene rings is 2. The number of ether oxygens (including phenoxy) is 2. The number of hydrogen-bond donors (Lipinski definition) is 5. The number of nitrogens with zero attached hydrogens (tertiary/aromatic N) is 4. The molecule has 0 radical (unpaired) electrons. The molecule has 21 nitrogen and oxygen atoms in total. The molecule has 6 fully saturated rings. The first-order valence-electron chi connectivity index (χ1n) is 24.6. The van der Waals surface area contributed by atoms with Crippen molar-refractivity contribution in [2.45, 2.75) is 89.3 Å². The van der Waals surface area contributed by atoms with E-state index in [1.807, 2.05) is 0 Å². The second-order valence-corrected chi connectivity index (χ2v) is 19.6. The largest absolute Gasteiger partial charge is 0.446 e. The van der Waals surface area contributed by atoms with Gasteiger partial charge in [0, 0.05) is 60.6 Å². The van der Waals surface area contributed by atoms with E-state index < -0.39 is 81.6 Å². The molecule has 4 aliphatic carbocycles. The zero-order chi connectivity index (χ0) is 48.6. The van der Waals surface area contributed by atoms with Crippen LogP contribution >= 0.6 is 0 Å². The van der Waals surface area contributed by atoms with E-state index in [4.69, 9.17) is 9.47 Å². The molecule has 69 heavy (non-hydrogen) atoms. The van der Waals surface area contributed by atoms with Crippen LogP contribution in [0, 0.1) is 67.6 Å². The minimum atomic E-state index is -1.06. The van der Waals surface area contributed by atoms with Gasteiger partial charge in [-0.2, -0.15) is 0 Å². The van der Waals surface area contributed by atoms with E-state index in [9.17, 15) is 49.0 Å². The molecule has 8 rings (SSSR count). The fourth-order valence-electron chi connectivity index (χ4n) is 12.2. The van der Waals surface area contributed by atoms with Crippen LogP contribution in [0.4, 0.5) is 32.3 Å². The summed E-state index contributed by atoms with van der Waals surface area (Å²) in [5.41, 5.74) is 0.200. The molecular weight excluding hydrogens is 895 g/mol. The van der Waals surface area contributed by atoms with E-state index in [-0.39, 0.29) is 46.4 Å². The highest BCUT2D eigenvalue weighted by atomic mass is 16.6. The third-order valence-electron chi connectivity index (χ3n) is 15.3. The smallest absolute Gasteiger partial charge is 0.411 e. The molecule has 6 amide bonds. The van der Waals surface area contributed by atoms with Crippen molar-refractivity contribution in [3.8, 4) is 0 Å². The minimum absolute atomic E-state index is 0.157. The molecule has 2 aromatic carbocycles. The van der Waals surface area contributed by atoms with Crippen LogP contribution in [0.1, 0.15) is 77.0 Å². The Bertz CT molecular complexity index is 2060. The molecule has 21 heteroatoms. The predicted molar refractivity (Wildman–Crippen MR) is 249 cm³/mol. The van der Waals surface area contributed by atoms with Crippen LogP contribution in [-0.2, 0) is 28.7 Å². The van der Waals surface area contributed by atoms with Gasteiger partial charge >= 0.3 is 12.2 Å². The van der Waals surface area contributed by atoms with Crippen LogP contribution in [0.3, 0.4) is 0 Å². The van der Waals surface area contributed by atoms with Gasteiger partial charge in [-0.05, 0) is 140 Å². The average molecular weight is 958 g/mol. The molecule has 6 aliphatic rings. The second-order valence-electron chi connectivity index (χ2n) is 19.6. The SMILES string of the molecule is O=C(Nc1ccc([N+](=O)[O-])cc1)OC1CC2CC1C(C(=O)NC(=O)C1C3CC(CC3OC(=O)Nc3ccc([N+](=O)[O-])cc3)C1C(=O)NCCCN1CCCCC1)C2C(=O)NCCCN1CCCCC1. The van der Waals surface area contributed by atoms with Crippen molar-refractivity contribution in [1.29, 1.82) is 0 Å². The van der Waals surface area contributed by atoms with Crippen LogP contribution < -0.4 is 26.6 Å². The highest BCUT2D eigenvalue weighted by Gasteiger charge is 2.62. The summed E-state index contributed by atoms with van der Waals surface area (Å²) in [5.74, 6) is -7.82. The Morgan fingerprint density at radius 2 is 0.899 bits per heavy atom. The van der Waals surface area contributed by atoms with Crippen LogP contribution in [-0.4, -0.2) is 120 Å². The maximum atomic E-state index is 14.7. The minimum Gasteiger partial charge on any atom is -0.446 e. The fourth-order valence-corrected chi connectivity index (χ4v) is 12.2. The molecule has 2 saturated heterocycles. The number of non-ortho nitro benzene ring substituents is 2. The molecule has 4 bridgehead atoms. The predicted octanol–water partition coefficient (Wildman–Crippen LogP) is 5.21. The van der Waals surface area contributed by atoms with Crippen molar-refractivity contribution in [2.24, 2.45) is 47.3 Å². The molecular formula is C48H63N9O12. The van der Waals surface area contributed by atoms with Crippen molar-refractivity contribution in [1.82, 2.24) is 25.8 Å². The number of carbonyl (C=O) groups is 6.